The van der Waals surface area contributed by atoms with Crippen LogP contribution in [0.1, 0.15) is 32.3 Å². The molecule has 19 heavy (non-hydrogen) atoms. The van der Waals surface area contributed by atoms with Gasteiger partial charge in [-0.3, -0.25) is 20.9 Å². The minimum Gasteiger partial charge on any atom is -0.318 e. The minimum absolute atomic E-state index is 0.0250. The average molecular weight is 264 g/mol. The molecule has 0 unspecified atom stereocenters. The highest BCUT2D eigenvalue weighted by Gasteiger charge is 2.31. The van der Waals surface area contributed by atoms with E-state index in [9.17, 15) is 10.1 Å². The molecule has 1 fully saturated rings. The fraction of sp³-hybridized carbons (Fsp3) is 0.538. The van der Waals surface area contributed by atoms with Crippen LogP contribution in [0.2, 0.25) is 0 Å². The SMILES string of the molecule is CC1(C)CCCN1Cc1ccc(NN)c([N+](=O)[O-])c1. The van der Waals surface area contributed by atoms with Gasteiger partial charge in [0.1, 0.15) is 5.69 Å². The Labute approximate surface area is 112 Å². The molecular weight excluding hydrogens is 244 g/mol. The summed E-state index contributed by atoms with van der Waals surface area (Å²) in [5.74, 6) is 5.28. The van der Waals surface area contributed by atoms with Crippen LogP contribution in [0.4, 0.5) is 11.4 Å². The molecule has 1 heterocycles. The Morgan fingerprint density at radius 1 is 1.53 bits per heavy atom. The Hall–Kier alpha value is -1.66. The zero-order valence-corrected chi connectivity index (χ0v) is 11.3. The Morgan fingerprint density at radius 3 is 2.79 bits per heavy atom. The molecule has 104 valence electrons. The lowest BCUT2D eigenvalue weighted by atomic mass is 10.0. The van der Waals surface area contributed by atoms with Gasteiger partial charge < -0.3 is 5.43 Å². The van der Waals surface area contributed by atoms with Crippen LogP contribution in [0.25, 0.3) is 0 Å². The highest BCUT2D eigenvalue weighted by atomic mass is 16.6. The van der Waals surface area contributed by atoms with Gasteiger partial charge in [-0.05, 0) is 44.9 Å². The van der Waals surface area contributed by atoms with Gasteiger partial charge in [0.2, 0.25) is 0 Å². The third kappa shape index (κ3) is 2.85. The van der Waals surface area contributed by atoms with Crippen molar-refractivity contribution < 1.29 is 4.92 Å². The highest BCUT2D eigenvalue weighted by molar-refractivity contribution is 5.61. The number of hydrogen-bond acceptors (Lipinski definition) is 5. The van der Waals surface area contributed by atoms with E-state index in [2.05, 4.69) is 24.2 Å². The topological polar surface area (TPSA) is 84.4 Å². The molecule has 1 aromatic rings. The van der Waals surface area contributed by atoms with E-state index in [0.29, 0.717) is 5.69 Å². The van der Waals surface area contributed by atoms with Gasteiger partial charge in [0, 0.05) is 18.2 Å². The molecule has 6 nitrogen and oxygen atoms in total. The van der Waals surface area contributed by atoms with Crippen LogP contribution in [-0.2, 0) is 6.54 Å². The first kappa shape index (κ1) is 13.8. The number of likely N-dealkylation sites (tertiary alicyclic amines) is 1. The van der Waals surface area contributed by atoms with Crippen molar-refractivity contribution in [3.05, 3.63) is 33.9 Å². The summed E-state index contributed by atoms with van der Waals surface area (Å²) in [6.07, 6.45) is 2.34. The molecule has 0 bridgehead atoms. The molecule has 0 atom stereocenters. The number of nitro benzene ring substituents is 1. The molecule has 0 spiro atoms. The van der Waals surface area contributed by atoms with Gasteiger partial charge in [-0.15, -0.1) is 0 Å². The van der Waals surface area contributed by atoms with Crippen LogP contribution >= 0.6 is 0 Å². The summed E-state index contributed by atoms with van der Waals surface area (Å²) < 4.78 is 0. The summed E-state index contributed by atoms with van der Waals surface area (Å²) >= 11 is 0. The summed E-state index contributed by atoms with van der Waals surface area (Å²) in [5.41, 5.74) is 3.84. The van der Waals surface area contributed by atoms with E-state index in [1.807, 2.05) is 6.07 Å². The summed E-state index contributed by atoms with van der Waals surface area (Å²) in [4.78, 5) is 12.9. The van der Waals surface area contributed by atoms with Gasteiger partial charge in [-0.2, -0.15) is 0 Å². The summed E-state index contributed by atoms with van der Waals surface area (Å²) in [6, 6.07) is 5.15. The van der Waals surface area contributed by atoms with Crippen LogP contribution in [0, 0.1) is 10.1 Å². The van der Waals surface area contributed by atoms with Crippen molar-refractivity contribution in [2.75, 3.05) is 12.0 Å². The lowest BCUT2D eigenvalue weighted by molar-refractivity contribution is -0.384. The molecule has 3 N–H and O–H groups in total. The minimum atomic E-state index is -0.409. The van der Waals surface area contributed by atoms with Crippen LogP contribution in [0.15, 0.2) is 18.2 Å². The lowest BCUT2D eigenvalue weighted by Gasteiger charge is -2.31. The molecule has 0 radical (unpaired) electrons. The number of anilines is 1. The molecule has 1 saturated heterocycles. The number of nitro groups is 1. The van der Waals surface area contributed by atoms with Gasteiger partial charge in [-0.1, -0.05) is 6.07 Å². The fourth-order valence-corrected chi connectivity index (χ4v) is 2.63. The van der Waals surface area contributed by atoms with Crippen molar-refractivity contribution in [1.29, 1.82) is 0 Å². The molecular formula is C13H20N4O2. The third-order valence-corrected chi connectivity index (χ3v) is 3.86. The van der Waals surface area contributed by atoms with E-state index in [1.165, 1.54) is 6.42 Å². The zero-order valence-electron chi connectivity index (χ0n) is 11.3. The van der Waals surface area contributed by atoms with Crippen LogP contribution in [0.3, 0.4) is 0 Å². The second-order valence-corrected chi connectivity index (χ2v) is 5.59. The Bertz CT molecular complexity index is 488. The van der Waals surface area contributed by atoms with E-state index in [0.717, 1.165) is 25.1 Å². The first-order valence-corrected chi connectivity index (χ1v) is 6.43. The molecule has 6 heteroatoms. The average Bonchev–Trinajstić information content (AvgIpc) is 2.68. The maximum Gasteiger partial charge on any atom is 0.293 e. The number of nitrogens with zero attached hydrogens (tertiary/aromatic N) is 2. The Balaban J connectivity index is 2.22. The number of nitrogens with one attached hydrogen (secondary N) is 1. The van der Waals surface area contributed by atoms with E-state index in [-0.39, 0.29) is 11.2 Å². The summed E-state index contributed by atoms with van der Waals surface area (Å²) in [5, 5.41) is 11.0. The number of hydrazine groups is 1. The van der Waals surface area contributed by atoms with Crippen molar-refractivity contribution in [2.45, 2.75) is 38.8 Å². The van der Waals surface area contributed by atoms with Crippen LogP contribution in [-0.4, -0.2) is 21.9 Å². The van der Waals surface area contributed by atoms with Crippen molar-refractivity contribution in [3.8, 4) is 0 Å². The van der Waals surface area contributed by atoms with E-state index in [1.54, 1.807) is 12.1 Å². The number of nitrogens with two attached hydrogens (primary N) is 1. The lowest BCUT2D eigenvalue weighted by Crippen LogP contribution is -2.37. The monoisotopic (exact) mass is 264 g/mol. The van der Waals surface area contributed by atoms with Crippen LogP contribution in [0.5, 0.6) is 0 Å². The summed E-state index contributed by atoms with van der Waals surface area (Å²) in [7, 11) is 0. The van der Waals surface area contributed by atoms with Crippen molar-refractivity contribution in [1.82, 2.24) is 4.90 Å². The maximum absolute atomic E-state index is 11.0. The molecule has 1 aliphatic rings. The quantitative estimate of drug-likeness (QED) is 0.495. The van der Waals surface area contributed by atoms with E-state index in [4.69, 9.17) is 5.84 Å². The normalized spacial score (nSPS) is 18.5. The van der Waals surface area contributed by atoms with E-state index < -0.39 is 4.92 Å². The summed E-state index contributed by atoms with van der Waals surface area (Å²) in [6.45, 7) is 6.20. The molecule has 0 saturated carbocycles. The molecule has 2 rings (SSSR count). The van der Waals surface area contributed by atoms with Gasteiger partial charge >= 0.3 is 0 Å². The molecule has 0 aromatic heterocycles. The molecule has 0 amide bonds. The predicted molar refractivity (Wildman–Crippen MR) is 74.6 cm³/mol. The zero-order chi connectivity index (χ0) is 14.0. The Morgan fingerprint density at radius 2 is 2.26 bits per heavy atom. The predicted octanol–water partition coefficient (Wildman–Crippen LogP) is 2.25. The smallest absolute Gasteiger partial charge is 0.293 e. The maximum atomic E-state index is 11.0. The highest BCUT2D eigenvalue weighted by Crippen LogP contribution is 2.31. The fourth-order valence-electron chi connectivity index (χ4n) is 2.63. The molecule has 1 aromatic carbocycles. The number of hydrogen-bond donors (Lipinski definition) is 2. The third-order valence-electron chi connectivity index (χ3n) is 3.86. The van der Waals surface area contributed by atoms with Crippen molar-refractivity contribution in [2.24, 2.45) is 5.84 Å². The van der Waals surface area contributed by atoms with E-state index >= 15 is 0 Å². The van der Waals surface area contributed by atoms with Crippen LogP contribution < -0.4 is 11.3 Å². The van der Waals surface area contributed by atoms with Crippen molar-refractivity contribution in [3.63, 3.8) is 0 Å². The standard InChI is InChI=1S/C13H20N4O2/c1-13(2)6-3-7-16(13)9-10-4-5-11(15-14)12(8-10)17(18)19/h4-5,8,15H,3,6-7,9,14H2,1-2H3. The Kier molecular flexibility index (Phi) is 3.73. The van der Waals surface area contributed by atoms with Gasteiger partial charge in [0.05, 0.1) is 4.92 Å². The molecule has 0 aliphatic carbocycles. The van der Waals surface area contributed by atoms with Gasteiger partial charge in [0.25, 0.3) is 5.69 Å². The first-order chi connectivity index (χ1) is 8.94. The van der Waals surface area contributed by atoms with Gasteiger partial charge in [0.15, 0.2) is 0 Å². The largest absolute Gasteiger partial charge is 0.318 e. The van der Waals surface area contributed by atoms with Crippen molar-refractivity contribution >= 4 is 11.4 Å². The van der Waals surface area contributed by atoms with Gasteiger partial charge in [-0.25, -0.2) is 0 Å². The first-order valence-electron chi connectivity index (χ1n) is 6.43. The number of rotatable bonds is 4. The molecule has 1 aliphatic heterocycles. The number of nitrogen functional groups attached to an aromatic ring is 1. The number of benzene rings is 1. The second-order valence-electron chi connectivity index (χ2n) is 5.59. The second kappa shape index (κ2) is 5.14.